The van der Waals surface area contributed by atoms with Crippen molar-refractivity contribution in [2.24, 2.45) is 13.0 Å². The minimum Gasteiger partial charge on any atom is -0.489 e. The summed E-state index contributed by atoms with van der Waals surface area (Å²) in [5, 5.41) is 13.8. The highest BCUT2D eigenvalue weighted by Gasteiger charge is 2.30. The van der Waals surface area contributed by atoms with E-state index in [1.807, 2.05) is 32.9 Å². The number of hydrogen-bond donors (Lipinski definition) is 1. The third kappa shape index (κ3) is 4.52. The van der Waals surface area contributed by atoms with Crippen LogP contribution in [0, 0.1) is 12.8 Å². The number of aryl methyl sites for hydroxylation is 2. The van der Waals surface area contributed by atoms with Crippen LogP contribution in [-0.2, 0) is 23.2 Å². The van der Waals surface area contributed by atoms with Gasteiger partial charge in [-0.1, -0.05) is 0 Å². The fraction of sp³-hybridized carbons (Fsp3) is 0.571. The van der Waals surface area contributed by atoms with Crippen molar-refractivity contribution in [1.29, 1.82) is 0 Å². The van der Waals surface area contributed by atoms with Gasteiger partial charge in [0.15, 0.2) is 0 Å². The Morgan fingerprint density at radius 1 is 1.36 bits per heavy atom. The van der Waals surface area contributed by atoms with Crippen LogP contribution < -0.4 is 4.74 Å². The van der Waals surface area contributed by atoms with E-state index in [0.29, 0.717) is 6.42 Å². The van der Waals surface area contributed by atoms with Crippen LogP contribution >= 0.6 is 0 Å². The lowest BCUT2D eigenvalue weighted by molar-refractivity contribution is -0.154. The number of pyridine rings is 1. The van der Waals surface area contributed by atoms with E-state index in [9.17, 15) is 9.90 Å². The fourth-order valence-electron chi connectivity index (χ4n) is 3.66. The summed E-state index contributed by atoms with van der Waals surface area (Å²) in [6, 6.07) is 3.79. The van der Waals surface area contributed by atoms with Crippen molar-refractivity contribution in [1.82, 2.24) is 14.8 Å². The third-order valence-electron chi connectivity index (χ3n) is 5.13. The van der Waals surface area contributed by atoms with E-state index in [4.69, 9.17) is 9.47 Å². The SMILES string of the molecule is Cc1nc(-c2cnn(C)c2CO)ccc1O[C@H]1CCC[C@H](C(=O)OC(C)C)C1. The van der Waals surface area contributed by atoms with Gasteiger partial charge < -0.3 is 14.6 Å². The molecule has 28 heavy (non-hydrogen) atoms. The van der Waals surface area contributed by atoms with Crippen molar-refractivity contribution in [3.63, 3.8) is 0 Å². The number of nitrogens with zero attached hydrogens (tertiary/aromatic N) is 3. The van der Waals surface area contributed by atoms with E-state index in [-0.39, 0.29) is 30.7 Å². The van der Waals surface area contributed by atoms with Crippen molar-refractivity contribution in [2.75, 3.05) is 0 Å². The minimum absolute atomic E-state index is 0.0174. The van der Waals surface area contributed by atoms with Crippen LogP contribution in [0.5, 0.6) is 5.75 Å². The van der Waals surface area contributed by atoms with E-state index in [1.54, 1.807) is 17.9 Å². The number of hydrogen-bond acceptors (Lipinski definition) is 6. The first-order valence-electron chi connectivity index (χ1n) is 9.86. The summed E-state index contributed by atoms with van der Waals surface area (Å²) >= 11 is 0. The van der Waals surface area contributed by atoms with E-state index in [0.717, 1.165) is 47.7 Å². The molecule has 0 saturated heterocycles. The lowest BCUT2D eigenvalue weighted by Crippen LogP contribution is -2.31. The van der Waals surface area contributed by atoms with E-state index in [2.05, 4.69) is 10.1 Å². The molecular formula is C21H29N3O4. The van der Waals surface area contributed by atoms with E-state index < -0.39 is 0 Å². The van der Waals surface area contributed by atoms with Crippen LogP contribution in [0.2, 0.25) is 0 Å². The molecule has 2 aromatic rings. The molecule has 2 heterocycles. The summed E-state index contributed by atoms with van der Waals surface area (Å²) in [7, 11) is 1.79. The number of carbonyl (C=O) groups is 1. The second-order valence-corrected chi connectivity index (χ2v) is 7.66. The number of rotatable bonds is 6. The molecular weight excluding hydrogens is 358 g/mol. The van der Waals surface area contributed by atoms with Crippen molar-refractivity contribution in [2.45, 2.75) is 65.3 Å². The number of aliphatic hydroxyl groups excluding tert-OH is 1. The van der Waals surface area contributed by atoms with Crippen LogP contribution in [0.1, 0.15) is 50.9 Å². The third-order valence-corrected chi connectivity index (χ3v) is 5.13. The van der Waals surface area contributed by atoms with Crippen LogP contribution in [-0.4, -0.2) is 38.0 Å². The molecule has 0 aromatic carbocycles. The van der Waals surface area contributed by atoms with Crippen LogP contribution in [0.25, 0.3) is 11.3 Å². The molecule has 0 radical (unpaired) electrons. The molecule has 3 rings (SSSR count). The maximum absolute atomic E-state index is 12.2. The zero-order valence-corrected chi connectivity index (χ0v) is 17.0. The van der Waals surface area contributed by atoms with Crippen molar-refractivity contribution in [3.05, 3.63) is 29.7 Å². The lowest BCUT2D eigenvalue weighted by Gasteiger charge is -2.29. The Morgan fingerprint density at radius 3 is 2.82 bits per heavy atom. The van der Waals surface area contributed by atoms with Gasteiger partial charge in [0.25, 0.3) is 0 Å². The lowest BCUT2D eigenvalue weighted by atomic mass is 9.87. The number of aromatic nitrogens is 3. The Balaban J connectivity index is 1.70. The normalized spacial score (nSPS) is 19.6. The summed E-state index contributed by atoms with van der Waals surface area (Å²) in [5.41, 5.74) is 3.06. The van der Waals surface area contributed by atoms with Crippen LogP contribution in [0.15, 0.2) is 18.3 Å². The first kappa shape index (κ1) is 20.3. The molecule has 1 saturated carbocycles. The molecule has 152 valence electrons. The summed E-state index contributed by atoms with van der Waals surface area (Å²) in [6.45, 7) is 5.55. The van der Waals surface area contributed by atoms with Crippen molar-refractivity contribution < 1.29 is 19.4 Å². The minimum atomic E-state index is -0.124. The van der Waals surface area contributed by atoms with Gasteiger partial charge in [0.05, 0.1) is 48.0 Å². The maximum Gasteiger partial charge on any atom is 0.309 e. The van der Waals surface area contributed by atoms with Crippen LogP contribution in [0.4, 0.5) is 0 Å². The summed E-state index contributed by atoms with van der Waals surface area (Å²) in [6.07, 6.45) is 4.99. The van der Waals surface area contributed by atoms with E-state index >= 15 is 0 Å². The molecule has 7 heteroatoms. The molecule has 1 fully saturated rings. The Bertz CT molecular complexity index is 831. The van der Waals surface area contributed by atoms with Gasteiger partial charge in [-0.25, -0.2) is 4.98 Å². The first-order valence-corrected chi connectivity index (χ1v) is 9.86. The summed E-state index contributed by atoms with van der Waals surface area (Å²) < 4.78 is 13.2. The van der Waals surface area contributed by atoms with Crippen LogP contribution in [0.3, 0.4) is 0 Å². The van der Waals surface area contributed by atoms with E-state index in [1.165, 1.54) is 0 Å². The van der Waals surface area contributed by atoms with Gasteiger partial charge in [-0.15, -0.1) is 0 Å². The summed E-state index contributed by atoms with van der Waals surface area (Å²) in [5.74, 6) is 0.499. The Hall–Kier alpha value is -2.41. The predicted octanol–water partition coefficient (Wildman–Crippen LogP) is 3.17. The number of aliphatic hydroxyl groups is 1. The van der Waals surface area contributed by atoms with Crippen molar-refractivity contribution >= 4 is 5.97 Å². The van der Waals surface area contributed by atoms with Crippen molar-refractivity contribution in [3.8, 4) is 17.0 Å². The predicted molar refractivity (Wildman–Crippen MR) is 105 cm³/mol. The Kier molecular flexibility index (Phi) is 6.34. The highest BCUT2D eigenvalue weighted by Crippen LogP contribution is 2.31. The largest absolute Gasteiger partial charge is 0.489 e. The molecule has 1 N–H and O–H groups in total. The molecule has 0 amide bonds. The number of carbonyl (C=O) groups excluding carboxylic acids is 1. The maximum atomic E-state index is 12.2. The van der Waals surface area contributed by atoms with Gasteiger partial charge in [-0.3, -0.25) is 9.48 Å². The first-order chi connectivity index (χ1) is 13.4. The number of ether oxygens (including phenoxy) is 2. The quantitative estimate of drug-likeness (QED) is 0.766. The zero-order valence-electron chi connectivity index (χ0n) is 17.0. The van der Waals surface area contributed by atoms with Gasteiger partial charge in [0.2, 0.25) is 0 Å². The molecule has 1 aliphatic rings. The second kappa shape index (κ2) is 8.73. The molecule has 1 aliphatic carbocycles. The zero-order chi connectivity index (χ0) is 20.3. The topological polar surface area (TPSA) is 86.5 Å². The molecule has 0 aliphatic heterocycles. The molecule has 2 atom stereocenters. The summed E-state index contributed by atoms with van der Waals surface area (Å²) in [4.78, 5) is 16.9. The smallest absolute Gasteiger partial charge is 0.309 e. The standard InChI is InChI=1S/C21H29N3O4/c1-13(2)27-21(26)15-6-5-7-16(10-15)28-20-9-8-18(23-14(20)3)17-11-22-24(4)19(17)12-25/h8-9,11,13,15-16,25H,5-7,10,12H2,1-4H3/t15-,16-/m0/s1. The molecule has 2 aromatic heterocycles. The average molecular weight is 387 g/mol. The monoisotopic (exact) mass is 387 g/mol. The molecule has 0 spiro atoms. The van der Waals surface area contributed by atoms with Gasteiger partial charge in [0.1, 0.15) is 5.75 Å². The highest BCUT2D eigenvalue weighted by atomic mass is 16.5. The van der Waals surface area contributed by atoms with Gasteiger partial charge >= 0.3 is 5.97 Å². The van der Waals surface area contributed by atoms with Gasteiger partial charge in [-0.2, -0.15) is 5.10 Å². The highest BCUT2D eigenvalue weighted by molar-refractivity contribution is 5.72. The Morgan fingerprint density at radius 2 is 2.14 bits per heavy atom. The average Bonchev–Trinajstić information content (AvgIpc) is 3.03. The fourth-order valence-corrected chi connectivity index (χ4v) is 3.66. The second-order valence-electron chi connectivity index (χ2n) is 7.66. The molecule has 0 bridgehead atoms. The number of esters is 1. The van der Waals surface area contributed by atoms with Gasteiger partial charge in [-0.05, 0) is 58.6 Å². The Labute approximate surface area is 165 Å². The van der Waals surface area contributed by atoms with Gasteiger partial charge in [0, 0.05) is 12.6 Å². The molecule has 0 unspecified atom stereocenters. The molecule has 7 nitrogen and oxygen atoms in total.